The third-order valence-corrected chi connectivity index (χ3v) is 3.59. The second-order valence-corrected chi connectivity index (χ2v) is 4.83. The monoisotopic (exact) mass is 280 g/mol. The summed E-state index contributed by atoms with van der Waals surface area (Å²) >= 11 is 1.36. The molecule has 0 aliphatic rings. The number of hydrogen-bond acceptors (Lipinski definition) is 6. The van der Waals surface area contributed by atoms with E-state index < -0.39 is 0 Å². The van der Waals surface area contributed by atoms with E-state index in [0.717, 1.165) is 17.1 Å². The fraction of sp³-hybridized carbons (Fsp3) is 0.455. The van der Waals surface area contributed by atoms with E-state index in [1.165, 1.54) is 11.8 Å². The molecule has 102 valence electrons. The predicted molar refractivity (Wildman–Crippen MR) is 73.6 cm³/mol. The third-order valence-electron chi connectivity index (χ3n) is 2.49. The minimum atomic E-state index is -0.205. The quantitative estimate of drug-likeness (QED) is 0.802. The Bertz CT molecular complexity index is 620. The van der Waals surface area contributed by atoms with Crippen molar-refractivity contribution in [2.24, 2.45) is 0 Å². The van der Waals surface area contributed by atoms with E-state index in [2.05, 4.69) is 25.5 Å². The lowest BCUT2D eigenvalue weighted by Crippen LogP contribution is -2.16. The Morgan fingerprint density at radius 2 is 2.26 bits per heavy atom. The topological polar surface area (TPSA) is 88.5 Å². The van der Waals surface area contributed by atoms with Gasteiger partial charge in [0.2, 0.25) is 5.95 Å². The van der Waals surface area contributed by atoms with Crippen molar-refractivity contribution in [3.63, 3.8) is 0 Å². The van der Waals surface area contributed by atoms with Crippen LogP contribution in [0, 0.1) is 6.92 Å². The van der Waals surface area contributed by atoms with Crippen molar-refractivity contribution in [1.29, 1.82) is 0 Å². The summed E-state index contributed by atoms with van der Waals surface area (Å²) in [7, 11) is 0. The van der Waals surface area contributed by atoms with Gasteiger partial charge in [0.25, 0.3) is 0 Å². The first-order valence-corrected chi connectivity index (χ1v) is 6.87. The lowest BCUT2D eigenvalue weighted by molar-refractivity contribution is 0.660. The van der Waals surface area contributed by atoms with Gasteiger partial charge < -0.3 is 5.32 Å². The smallest absolute Gasteiger partial charge is 0.343 e. The number of hydrogen-bond donors (Lipinski definition) is 2. The van der Waals surface area contributed by atoms with Crippen LogP contribution in [0.3, 0.4) is 0 Å². The molecule has 0 saturated heterocycles. The number of aromatic nitrogens is 5. The highest BCUT2D eigenvalue weighted by atomic mass is 32.2. The van der Waals surface area contributed by atoms with Gasteiger partial charge >= 0.3 is 5.69 Å². The Balaban J connectivity index is 2.31. The van der Waals surface area contributed by atoms with Crippen molar-refractivity contribution in [3.05, 3.63) is 22.2 Å². The largest absolute Gasteiger partial charge is 0.354 e. The molecule has 0 unspecified atom stereocenters. The molecule has 19 heavy (non-hydrogen) atoms. The molecule has 0 saturated carbocycles. The van der Waals surface area contributed by atoms with E-state index in [1.54, 1.807) is 10.8 Å². The van der Waals surface area contributed by atoms with Gasteiger partial charge in [0.15, 0.2) is 5.16 Å². The second kappa shape index (κ2) is 5.87. The normalized spacial score (nSPS) is 10.7. The summed E-state index contributed by atoms with van der Waals surface area (Å²) in [4.78, 5) is 20.1. The Labute approximate surface area is 114 Å². The molecule has 0 bridgehead atoms. The summed E-state index contributed by atoms with van der Waals surface area (Å²) in [6.07, 6.45) is 1.76. The van der Waals surface area contributed by atoms with E-state index in [0.29, 0.717) is 17.6 Å². The third kappa shape index (κ3) is 2.95. The minimum absolute atomic E-state index is 0.205. The number of aromatic amines is 1. The molecule has 0 aliphatic heterocycles. The summed E-state index contributed by atoms with van der Waals surface area (Å²) in [5, 5.41) is 10.9. The first-order valence-electron chi connectivity index (χ1n) is 6.06. The fourth-order valence-electron chi connectivity index (χ4n) is 1.52. The van der Waals surface area contributed by atoms with Crippen LogP contribution >= 0.6 is 11.8 Å². The van der Waals surface area contributed by atoms with Crippen LogP contribution in [0.5, 0.6) is 0 Å². The van der Waals surface area contributed by atoms with Crippen molar-refractivity contribution >= 4 is 17.7 Å². The van der Waals surface area contributed by atoms with Crippen LogP contribution < -0.4 is 11.0 Å². The molecule has 2 aromatic rings. The summed E-state index contributed by atoms with van der Waals surface area (Å²) in [6.45, 7) is 7.15. The van der Waals surface area contributed by atoms with Crippen LogP contribution in [-0.2, 0) is 6.54 Å². The van der Waals surface area contributed by atoms with Crippen LogP contribution in [0.1, 0.15) is 19.4 Å². The molecule has 2 N–H and O–H groups in total. The molecule has 0 radical (unpaired) electrons. The van der Waals surface area contributed by atoms with Gasteiger partial charge in [-0.05, 0) is 32.5 Å². The zero-order chi connectivity index (χ0) is 13.8. The highest BCUT2D eigenvalue weighted by molar-refractivity contribution is 7.99. The molecule has 2 aromatic heterocycles. The predicted octanol–water partition coefficient (Wildman–Crippen LogP) is 1.27. The molecule has 0 fully saturated rings. The molecular weight excluding hydrogens is 264 g/mol. The van der Waals surface area contributed by atoms with Crippen molar-refractivity contribution in [2.45, 2.75) is 37.5 Å². The van der Waals surface area contributed by atoms with E-state index in [9.17, 15) is 4.79 Å². The molecule has 8 heteroatoms. The van der Waals surface area contributed by atoms with Gasteiger partial charge in [0.05, 0.1) is 0 Å². The Morgan fingerprint density at radius 1 is 1.47 bits per heavy atom. The van der Waals surface area contributed by atoms with Gasteiger partial charge in [0.1, 0.15) is 5.03 Å². The van der Waals surface area contributed by atoms with Gasteiger partial charge in [-0.1, -0.05) is 0 Å². The molecule has 0 aliphatic carbocycles. The maximum Gasteiger partial charge on any atom is 0.343 e. The number of rotatable bonds is 5. The van der Waals surface area contributed by atoms with E-state index in [1.807, 2.05) is 20.8 Å². The Morgan fingerprint density at radius 3 is 2.95 bits per heavy atom. The standard InChI is InChI=1S/C11H16N6OS/c1-4-12-9-13-6-7(3)8(14-9)19-11-16-15-10(18)17(11)5-2/h6H,4-5H2,1-3H3,(H,15,18)(H,12,13,14). The van der Waals surface area contributed by atoms with Crippen molar-refractivity contribution in [2.75, 3.05) is 11.9 Å². The lowest BCUT2D eigenvalue weighted by Gasteiger charge is -2.07. The lowest BCUT2D eigenvalue weighted by atomic mass is 10.4. The van der Waals surface area contributed by atoms with Crippen LogP contribution in [0.15, 0.2) is 21.2 Å². The molecular formula is C11H16N6OS. The van der Waals surface area contributed by atoms with Crippen LogP contribution in [0.25, 0.3) is 0 Å². The van der Waals surface area contributed by atoms with Gasteiger partial charge in [-0.2, -0.15) is 0 Å². The average molecular weight is 280 g/mol. The summed E-state index contributed by atoms with van der Waals surface area (Å²) in [5.41, 5.74) is 0.744. The van der Waals surface area contributed by atoms with Crippen LogP contribution in [0.4, 0.5) is 5.95 Å². The van der Waals surface area contributed by atoms with E-state index in [4.69, 9.17) is 0 Å². The zero-order valence-electron chi connectivity index (χ0n) is 11.1. The van der Waals surface area contributed by atoms with Gasteiger partial charge in [-0.3, -0.25) is 4.57 Å². The molecule has 2 rings (SSSR count). The summed E-state index contributed by atoms with van der Waals surface area (Å²) in [6, 6.07) is 0. The fourth-order valence-corrected chi connectivity index (χ4v) is 2.45. The van der Waals surface area contributed by atoms with E-state index in [-0.39, 0.29) is 5.69 Å². The second-order valence-electron chi connectivity index (χ2n) is 3.87. The Kier molecular flexibility index (Phi) is 4.20. The number of nitrogens with zero attached hydrogens (tertiary/aromatic N) is 4. The van der Waals surface area contributed by atoms with Crippen molar-refractivity contribution < 1.29 is 0 Å². The number of H-pyrrole nitrogens is 1. The van der Waals surface area contributed by atoms with Crippen molar-refractivity contribution in [1.82, 2.24) is 24.7 Å². The van der Waals surface area contributed by atoms with Gasteiger partial charge in [-0.25, -0.2) is 19.9 Å². The molecule has 0 aromatic carbocycles. The molecule has 0 amide bonds. The first kappa shape index (κ1) is 13.6. The average Bonchev–Trinajstić information content (AvgIpc) is 2.74. The van der Waals surface area contributed by atoms with Gasteiger partial charge in [0, 0.05) is 24.8 Å². The van der Waals surface area contributed by atoms with Crippen LogP contribution in [-0.4, -0.2) is 31.3 Å². The highest BCUT2D eigenvalue weighted by Crippen LogP contribution is 2.26. The maximum absolute atomic E-state index is 11.5. The first-order chi connectivity index (χ1) is 9.15. The Hall–Kier alpha value is -1.83. The molecule has 2 heterocycles. The molecule has 7 nitrogen and oxygen atoms in total. The summed E-state index contributed by atoms with van der Waals surface area (Å²) in [5.74, 6) is 0.580. The van der Waals surface area contributed by atoms with E-state index >= 15 is 0 Å². The highest BCUT2D eigenvalue weighted by Gasteiger charge is 2.12. The van der Waals surface area contributed by atoms with Crippen molar-refractivity contribution in [3.8, 4) is 0 Å². The summed E-state index contributed by atoms with van der Waals surface area (Å²) < 4.78 is 1.57. The molecule has 0 atom stereocenters. The number of anilines is 1. The SMILES string of the molecule is CCNc1ncc(C)c(Sc2n[nH]c(=O)n2CC)n1. The minimum Gasteiger partial charge on any atom is -0.354 e. The van der Waals surface area contributed by atoms with Crippen LogP contribution in [0.2, 0.25) is 0 Å². The number of aryl methyl sites for hydroxylation is 1. The zero-order valence-corrected chi connectivity index (χ0v) is 11.9. The molecule has 0 spiro atoms. The maximum atomic E-state index is 11.5. The van der Waals surface area contributed by atoms with Gasteiger partial charge in [-0.15, -0.1) is 5.10 Å². The number of nitrogens with one attached hydrogen (secondary N) is 2.